The van der Waals surface area contributed by atoms with Gasteiger partial charge in [0.1, 0.15) is 0 Å². The van der Waals surface area contributed by atoms with Crippen LogP contribution in [0.15, 0.2) is 34.9 Å². The molecule has 0 nitrogen and oxygen atoms in total. The fourth-order valence-corrected chi connectivity index (χ4v) is 1.91. The lowest BCUT2D eigenvalue weighted by atomic mass is 10.1. The van der Waals surface area contributed by atoms with Gasteiger partial charge in [0.2, 0.25) is 0 Å². The summed E-state index contributed by atoms with van der Waals surface area (Å²) in [5.41, 5.74) is 4.64. The van der Waals surface area contributed by atoms with E-state index in [1.807, 2.05) is 0 Å². The monoisotopic (exact) mass is 146 g/mol. The molecule has 11 heavy (non-hydrogen) atoms. The summed E-state index contributed by atoms with van der Waals surface area (Å²) < 4.78 is 0. The SMILES string of the molecule is CC1=CCC=C2CCCC2=C1. The maximum Gasteiger partial charge on any atom is -0.0158 e. The average Bonchev–Trinajstić information content (AvgIpc) is 2.31. The molecule has 0 saturated heterocycles. The molecule has 0 heteroatoms. The van der Waals surface area contributed by atoms with Crippen molar-refractivity contribution in [2.24, 2.45) is 0 Å². The molecule has 0 aliphatic heterocycles. The first-order valence-electron chi connectivity index (χ1n) is 4.43. The van der Waals surface area contributed by atoms with Crippen molar-refractivity contribution in [2.45, 2.75) is 32.6 Å². The Morgan fingerprint density at radius 2 is 1.91 bits per heavy atom. The van der Waals surface area contributed by atoms with Crippen LogP contribution < -0.4 is 0 Å². The van der Waals surface area contributed by atoms with E-state index in [1.54, 1.807) is 11.1 Å². The van der Waals surface area contributed by atoms with E-state index in [1.165, 1.54) is 24.8 Å². The second kappa shape index (κ2) is 2.69. The van der Waals surface area contributed by atoms with Crippen molar-refractivity contribution in [1.29, 1.82) is 0 Å². The first-order chi connectivity index (χ1) is 5.36. The quantitative estimate of drug-likeness (QED) is 0.491. The van der Waals surface area contributed by atoms with Crippen molar-refractivity contribution < 1.29 is 0 Å². The number of hydrogen-bond donors (Lipinski definition) is 0. The highest BCUT2D eigenvalue weighted by Crippen LogP contribution is 2.32. The zero-order chi connectivity index (χ0) is 7.68. The molecule has 0 spiro atoms. The third-order valence-electron chi connectivity index (χ3n) is 2.51. The van der Waals surface area contributed by atoms with Gasteiger partial charge in [-0.1, -0.05) is 23.8 Å². The van der Waals surface area contributed by atoms with Crippen LogP contribution in [0.25, 0.3) is 0 Å². The number of allylic oxidation sites excluding steroid dienone is 6. The van der Waals surface area contributed by atoms with Crippen LogP contribution in [0.3, 0.4) is 0 Å². The average molecular weight is 146 g/mol. The van der Waals surface area contributed by atoms with Gasteiger partial charge in [-0.2, -0.15) is 0 Å². The fourth-order valence-electron chi connectivity index (χ4n) is 1.91. The molecular formula is C11H14. The van der Waals surface area contributed by atoms with Gasteiger partial charge in [0.25, 0.3) is 0 Å². The first-order valence-corrected chi connectivity index (χ1v) is 4.43. The minimum Gasteiger partial charge on any atom is -0.0778 e. The van der Waals surface area contributed by atoms with E-state index >= 15 is 0 Å². The van der Waals surface area contributed by atoms with Gasteiger partial charge in [0.15, 0.2) is 0 Å². The molecule has 1 saturated carbocycles. The Hall–Kier alpha value is -0.780. The van der Waals surface area contributed by atoms with Crippen molar-refractivity contribution in [2.75, 3.05) is 0 Å². The van der Waals surface area contributed by atoms with E-state index in [-0.39, 0.29) is 0 Å². The zero-order valence-corrected chi connectivity index (χ0v) is 7.06. The second-order valence-corrected chi connectivity index (χ2v) is 3.44. The standard InChI is InChI=1S/C11H14/c1-9-4-2-5-10-6-3-7-11(10)8-9/h4-5,8H,2-3,6-7H2,1H3. The number of rotatable bonds is 0. The van der Waals surface area contributed by atoms with Gasteiger partial charge >= 0.3 is 0 Å². The Kier molecular flexibility index (Phi) is 1.69. The van der Waals surface area contributed by atoms with Crippen molar-refractivity contribution in [1.82, 2.24) is 0 Å². The molecule has 0 aromatic heterocycles. The second-order valence-electron chi connectivity index (χ2n) is 3.44. The predicted octanol–water partition coefficient (Wildman–Crippen LogP) is 3.37. The molecule has 0 aromatic rings. The van der Waals surface area contributed by atoms with Gasteiger partial charge in [0.05, 0.1) is 0 Å². The molecule has 0 atom stereocenters. The van der Waals surface area contributed by atoms with Crippen LogP contribution in [0, 0.1) is 0 Å². The van der Waals surface area contributed by atoms with Crippen molar-refractivity contribution in [3.05, 3.63) is 34.9 Å². The maximum absolute atomic E-state index is 2.38. The molecule has 0 amide bonds. The van der Waals surface area contributed by atoms with Crippen LogP contribution >= 0.6 is 0 Å². The van der Waals surface area contributed by atoms with E-state index in [4.69, 9.17) is 0 Å². The van der Waals surface area contributed by atoms with Crippen LogP contribution in [0.5, 0.6) is 0 Å². The van der Waals surface area contributed by atoms with E-state index in [0.29, 0.717) is 0 Å². The van der Waals surface area contributed by atoms with Crippen LogP contribution in [-0.4, -0.2) is 0 Å². The molecule has 58 valence electrons. The lowest BCUT2D eigenvalue weighted by Gasteiger charge is -1.96. The molecule has 2 aliphatic carbocycles. The lowest BCUT2D eigenvalue weighted by molar-refractivity contribution is 0.929. The molecule has 0 N–H and O–H groups in total. The molecule has 0 heterocycles. The Labute approximate surface area is 68.3 Å². The highest BCUT2D eigenvalue weighted by Gasteiger charge is 2.13. The summed E-state index contributed by atoms with van der Waals surface area (Å²) in [5, 5.41) is 0. The van der Waals surface area contributed by atoms with Gasteiger partial charge in [-0.05, 0) is 43.8 Å². The number of hydrogen-bond acceptors (Lipinski definition) is 0. The Morgan fingerprint density at radius 3 is 2.82 bits per heavy atom. The molecule has 1 fully saturated rings. The van der Waals surface area contributed by atoms with E-state index in [9.17, 15) is 0 Å². The molecule has 0 bridgehead atoms. The Balaban J connectivity index is 2.35. The van der Waals surface area contributed by atoms with Crippen LogP contribution in [0.1, 0.15) is 32.6 Å². The highest BCUT2D eigenvalue weighted by molar-refractivity contribution is 5.42. The van der Waals surface area contributed by atoms with Gasteiger partial charge < -0.3 is 0 Å². The minimum absolute atomic E-state index is 1.14. The summed E-state index contributed by atoms with van der Waals surface area (Å²) in [7, 11) is 0. The van der Waals surface area contributed by atoms with Crippen LogP contribution in [-0.2, 0) is 0 Å². The third-order valence-corrected chi connectivity index (χ3v) is 2.51. The van der Waals surface area contributed by atoms with Crippen molar-refractivity contribution in [3.8, 4) is 0 Å². The predicted molar refractivity (Wildman–Crippen MR) is 48.4 cm³/mol. The summed E-state index contributed by atoms with van der Waals surface area (Å²) >= 11 is 0. The third kappa shape index (κ3) is 1.30. The molecular weight excluding hydrogens is 132 g/mol. The smallest absolute Gasteiger partial charge is 0.0158 e. The minimum atomic E-state index is 1.14. The van der Waals surface area contributed by atoms with Crippen LogP contribution in [0.4, 0.5) is 0 Å². The Morgan fingerprint density at radius 1 is 1.09 bits per heavy atom. The van der Waals surface area contributed by atoms with Crippen molar-refractivity contribution in [3.63, 3.8) is 0 Å². The molecule has 0 unspecified atom stereocenters. The normalized spacial score (nSPS) is 23.2. The van der Waals surface area contributed by atoms with Gasteiger partial charge in [0, 0.05) is 0 Å². The molecule has 0 aromatic carbocycles. The summed E-state index contributed by atoms with van der Waals surface area (Å²) in [5.74, 6) is 0. The van der Waals surface area contributed by atoms with E-state index in [2.05, 4.69) is 25.2 Å². The van der Waals surface area contributed by atoms with E-state index in [0.717, 1.165) is 6.42 Å². The van der Waals surface area contributed by atoms with Gasteiger partial charge in [-0.25, -0.2) is 0 Å². The number of fused-ring (bicyclic) bond motifs is 1. The molecule has 0 radical (unpaired) electrons. The Bertz CT molecular complexity index is 251. The maximum atomic E-state index is 2.38. The molecule has 2 rings (SSSR count). The summed E-state index contributed by atoms with van der Waals surface area (Å²) in [6.07, 6.45) is 12.2. The summed E-state index contributed by atoms with van der Waals surface area (Å²) in [6, 6.07) is 0. The fraction of sp³-hybridized carbons (Fsp3) is 0.455. The van der Waals surface area contributed by atoms with Gasteiger partial charge in [-0.3, -0.25) is 0 Å². The zero-order valence-electron chi connectivity index (χ0n) is 7.06. The highest BCUT2D eigenvalue weighted by atomic mass is 14.2. The molecule has 2 aliphatic rings. The largest absolute Gasteiger partial charge is 0.0778 e. The van der Waals surface area contributed by atoms with Gasteiger partial charge in [-0.15, -0.1) is 0 Å². The summed E-state index contributed by atoms with van der Waals surface area (Å²) in [4.78, 5) is 0. The lowest BCUT2D eigenvalue weighted by Crippen LogP contribution is -1.76. The van der Waals surface area contributed by atoms with Crippen molar-refractivity contribution >= 4 is 0 Å². The topological polar surface area (TPSA) is 0 Å². The van der Waals surface area contributed by atoms with Crippen LogP contribution in [0.2, 0.25) is 0 Å². The van der Waals surface area contributed by atoms with E-state index < -0.39 is 0 Å². The summed E-state index contributed by atoms with van der Waals surface area (Å²) in [6.45, 7) is 2.20. The first kappa shape index (κ1) is 6.90.